The molecule has 0 N–H and O–H groups in total. The van der Waals surface area contributed by atoms with Crippen LogP contribution in [0.3, 0.4) is 0 Å². The number of rotatable bonds is 5. The van der Waals surface area contributed by atoms with E-state index >= 15 is 0 Å². The van der Waals surface area contributed by atoms with Gasteiger partial charge in [-0.3, -0.25) is 24.1 Å². The molecule has 0 bridgehead atoms. The fraction of sp³-hybridized carbons (Fsp3) is 0.412. The summed E-state index contributed by atoms with van der Waals surface area (Å²) in [5.74, 6) is -2.43. The van der Waals surface area contributed by atoms with Crippen LogP contribution in [0.2, 0.25) is 0 Å². The topological polar surface area (TPSA) is 80.8 Å². The van der Waals surface area contributed by atoms with Gasteiger partial charge in [-0.1, -0.05) is 12.2 Å². The molecule has 2 heterocycles. The highest BCUT2D eigenvalue weighted by Gasteiger charge is 2.47. The van der Waals surface area contributed by atoms with Crippen molar-refractivity contribution < 1.29 is 23.9 Å². The number of Topliss-reactive ketones (excluding diaryl/α,β-unsaturated/α-hetero) is 1. The van der Waals surface area contributed by atoms with Crippen LogP contribution in [0.4, 0.5) is 0 Å². The normalized spacial score (nSPS) is 22.6. The molecule has 24 heavy (non-hydrogen) atoms. The van der Waals surface area contributed by atoms with Crippen molar-refractivity contribution in [2.24, 2.45) is 11.8 Å². The number of hydrogen-bond donors (Lipinski definition) is 0. The van der Waals surface area contributed by atoms with Crippen LogP contribution in [0, 0.1) is 18.8 Å². The average molecular weight is 347 g/mol. The average Bonchev–Trinajstić information content (AvgIpc) is 3.11. The molecule has 1 aromatic heterocycles. The largest absolute Gasteiger partial charge is 0.456 e. The number of carbonyl (C=O) groups excluding carboxylic acids is 4. The zero-order valence-electron chi connectivity index (χ0n) is 13.2. The Hall–Kier alpha value is -2.28. The van der Waals surface area contributed by atoms with Gasteiger partial charge in [0, 0.05) is 4.88 Å². The van der Waals surface area contributed by atoms with Gasteiger partial charge >= 0.3 is 5.97 Å². The van der Waals surface area contributed by atoms with Crippen LogP contribution in [0.1, 0.15) is 27.4 Å². The Labute approximate surface area is 143 Å². The molecule has 1 aromatic rings. The highest BCUT2D eigenvalue weighted by molar-refractivity contribution is 7.14. The first-order valence-electron chi connectivity index (χ1n) is 7.73. The highest BCUT2D eigenvalue weighted by atomic mass is 32.1. The van der Waals surface area contributed by atoms with E-state index in [9.17, 15) is 19.2 Å². The lowest BCUT2D eigenvalue weighted by molar-refractivity contribution is -0.152. The van der Waals surface area contributed by atoms with E-state index in [-0.39, 0.29) is 36.0 Å². The van der Waals surface area contributed by atoms with Crippen molar-refractivity contribution in [2.75, 3.05) is 13.2 Å². The summed E-state index contributed by atoms with van der Waals surface area (Å²) in [5, 5.41) is 0. The summed E-state index contributed by atoms with van der Waals surface area (Å²) in [6.07, 6.45) is 4.82. The van der Waals surface area contributed by atoms with Gasteiger partial charge in [0.15, 0.2) is 6.61 Å². The fourth-order valence-electron chi connectivity index (χ4n) is 3.00. The van der Waals surface area contributed by atoms with Crippen LogP contribution in [-0.2, 0) is 19.1 Å². The third kappa shape index (κ3) is 3.17. The van der Waals surface area contributed by atoms with Gasteiger partial charge in [-0.05, 0) is 31.9 Å². The van der Waals surface area contributed by atoms with E-state index in [4.69, 9.17) is 4.74 Å². The zero-order chi connectivity index (χ0) is 17.3. The second-order valence-electron chi connectivity index (χ2n) is 5.91. The molecule has 0 radical (unpaired) electrons. The van der Waals surface area contributed by atoms with Gasteiger partial charge in [0.2, 0.25) is 17.6 Å². The number of amides is 2. The lowest BCUT2D eigenvalue weighted by Crippen LogP contribution is -2.37. The van der Waals surface area contributed by atoms with Gasteiger partial charge in [-0.15, -0.1) is 11.3 Å². The molecule has 3 rings (SSSR count). The van der Waals surface area contributed by atoms with Crippen molar-refractivity contribution in [2.45, 2.75) is 19.8 Å². The Balaban J connectivity index is 1.54. The summed E-state index contributed by atoms with van der Waals surface area (Å²) < 4.78 is 4.94. The summed E-state index contributed by atoms with van der Waals surface area (Å²) in [6, 6.07) is 3.50. The molecular weight excluding hydrogens is 330 g/mol. The molecule has 6 nitrogen and oxygen atoms in total. The Morgan fingerprint density at radius 1 is 1.17 bits per heavy atom. The summed E-state index contributed by atoms with van der Waals surface area (Å²) in [7, 11) is 0. The monoisotopic (exact) mass is 347 g/mol. The Morgan fingerprint density at radius 2 is 1.79 bits per heavy atom. The molecule has 1 aliphatic carbocycles. The molecule has 0 spiro atoms. The first-order valence-corrected chi connectivity index (χ1v) is 8.54. The second kappa shape index (κ2) is 6.68. The summed E-state index contributed by atoms with van der Waals surface area (Å²) in [6.45, 7) is 1.07. The molecule has 2 atom stereocenters. The number of carbonyl (C=O) groups is 4. The van der Waals surface area contributed by atoms with E-state index in [1.807, 2.05) is 25.1 Å². The van der Waals surface area contributed by atoms with Crippen LogP contribution in [-0.4, -0.2) is 41.6 Å². The minimum Gasteiger partial charge on any atom is -0.456 e. The number of hydrogen-bond acceptors (Lipinski definition) is 6. The number of fused-ring (bicyclic) bond motifs is 1. The van der Waals surface area contributed by atoms with Gasteiger partial charge in [0.25, 0.3) is 0 Å². The number of thiophene rings is 1. The first kappa shape index (κ1) is 16.6. The number of likely N-dealkylation sites (tertiary alicyclic amines) is 1. The smallest absolute Gasteiger partial charge is 0.326 e. The molecule has 1 saturated heterocycles. The Kier molecular flexibility index (Phi) is 4.62. The lowest BCUT2D eigenvalue weighted by atomic mass is 9.85. The van der Waals surface area contributed by atoms with E-state index in [1.54, 1.807) is 6.07 Å². The Morgan fingerprint density at radius 3 is 2.33 bits per heavy atom. The number of ether oxygens (including phenoxy) is 1. The molecule has 126 valence electrons. The van der Waals surface area contributed by atoms with Crippen molar-refractivity contribution in [1.29, 1.82) is 0 Å². The van der Waals surface area contributed by atoms with E-state index in [0.29, 0.717) is 17.7 Å². The highest BCUT2D eigenvalue weighted by Crippen LogP contribution is 2.34. The number of allylic oxidation sites excluding steroid dienone is 2. The van der Waals surface area contributed by atoms with Crippen molar-refractivity contribution in [3.05, 3.63) is 34.0 Å². The first-order chi connectivity index (χ1) is 11.5. The minimum absolute atomic E-state index is 0.293. The van der Waals surface area contributed by atoms with Crippen LogP contribution < -0.4 is 0 Å². The van der Waals surface area contributed by atoms with Gasteiger partial charge < -0.3 is 4.74 Å². The molecular formula is C17H17NO5S. The van der Waals surface area contributed by atoms with E-state index in [2.05, 4.69) is 0 Å². The van der Waals surface area contributed by atoms with Crippen LogP contribution in [0.5, 0.6) is 0 Å². The van der Waals surface area contributed by atoms with Gasteiger partial charge in [0.05, 0.1) is 16.7 Å². The van der Waals surface area contributed by atoms with Crippen molar-refractivity contribution in [1.82, 2.24) is 4.90 Å². The molecule has 2 aliphatic rings. The minimum atomic E-state index is -0.745. The zero-order valence-corrected chi connectivity index (χ0v) is 14.0. The lowest BCUT2D eigenvalue weighted by Gasteiger charge is -2.14. The number of esters is 1. The summed E-state index contributed by atoms with van der Waals surface area (Å²) in [4.78, 5) is 50.8. The standard InChI is InChI=1S/C17H17NO5S/c1-10-6-7-14(24-10)13(19)9-23-15(20)8-18-16(21)11-4-2-3-5-12(11)17(18)22/h2-3,6-7,11-12H,4-5,8-9H2,1H3/t11-,12-/m0/s1. The molecule has 0 unspecified atom stereocenters. The second-order valence-corrected chi connectivity index (χ2v) is 7.20. The quantitative estimate of drug-likeness (QED) is 0.351. The number of ketones is 1. The fourth-order valence-corrected chi connectivity index (χ4v) is 3.79. The predicted molar refractivity (Wildman–Crippen MR) is 86.4 cm³/mol. The van der Waals surface area contributed by atoms with E-state index < -0.39 is 12.5 Å². The van der Waals surface area contributed by atoms with E-state index in [1.165, 1.54) is 11.3 Å². The summed E-state index contributed by atoms with van der Waals surface area (Å²) >= 11 is 1.33. The number of aryl methyl sites for hydroxylation is 1. The van der Waals surface area contributed by atoms with Crippen molar-refractivity contribution in [3.8, 4) is 0 Å². The molecule has 7 heteroatoms. The molecule has 0 aromatic carbocycles. The van der Waals surface area contributed by atoms with E-state index in [0.717, 1.165) is 9.78 Å². The Bertz CT molecular complexity index is 709. The van der Waals surface area contributed by atoms with Gasteiger partial charge in [-0.2, -0.15) is 0 Å². The van der Waals surface area contributed by atoms with Crippen molar-refractivity contribution in [3.63, 3.8) is 0 Å². The third-order valence-corrected chi connectivity index (χ3v) is 5.31. The SMILES string of the molecule is Cc1ccc(C(=O)COC(=O)CN2C(=O)[C@H]3CC=CC[C@@H]3C2=O)s1. The van der Waals surface area contributed by atoms with Crippen LogP contribution in [0.15, 0.2) is 24.3 Å². The molecule has 0 saturated carbocycles. The van der Waals surface area contributed by atoms with Crippen LogP contribution in [0.25, 0.3) is 0 Å². The molecule has 1 fully saturated rings. The maximum absolute atomic E-state index is 12.2. The number of nitrogens with zero attached hydrogens (tertiary/aromatic N) is 1. The van der Waals surface area contributed by atoms with Crippen molar-refractivity contribution >= 4 is 34.9 Å². The molecule has 1 aliphatic heterocycles. The predicted octanol–water partition coefficient (Wildman–Crippen LogP) is 1.73. The summed E-state index contributed by atoms with van der Waals surface area (Å²) in [5.41, 5.74) is 0. The van der Waals surface area contributed by atoms with Gasteiger partial charge in [-0.25, -0.2) is 0 Å². The van der Waals surface area contributed by atoms with Gasteiger partial charge in [0.1, 0.15) is 6.54 Å². The number of imide groups is 1. The maximum Gasteiger partial charge on any atom is 0.326 e. The van der Waals surface area contributed by atoms with Crippen LogP contribution >= 0.6 is 11.3 Å². The third-order valence-electron chi connectivity index (χ3n) is 4.27. The molecule has 2 amide bonds. The maximum atomic E-state index is 12.2.